The van der Waals surface area contributed by atoms with Gasteiger partial charge < -0.3 is 15.2 Å². The molecule has 0 aliphatic carbocycles. The van der Waals surface area contributed by atoms with Crippen LogP contribution in [0.5, 0.6) is 0 Å². The standard InChI is InChI=1S/C19H26ClNO4/c1-3-18(4-2,17(23)24)13-21-16(22)19(9-11-25-12-10-19)14-7-5-6-8-15(14)20/h5-8H,3-4,9-13H2,1-2H3,(H,21,22)(H,23,24). The number of hydrogen-bond donors (Lipinski definition) is 2. The van der Waals surface area contributed by atoms with Crippen LogP contribution in [0.25, 0.3) is 0 Å². The maximum absolute atomic E-state index is 13.2. The minimum atomic E-state index is -0.942. The van der Waals surface area contributed by atoms with Crippen LogP contribution >= 0.6 is 11.6 Å². The van der Waals surface area contributed by atoms with E-state index in [1.807, 2.05) is 32.0 Å². The Morgan fingerprint density at radius 2 is 1.84 bits per heavy atom. The minimum Gasteiger partial charge on any atom is -0.481 e. The van der Waals surface area contributed by atoms with Crippen LogP contribution in [0.2, 0.25) is 5.02 Å². The molecule has 138 valence electrons. The molecule has 1 fully saturated rings. The monoisotopic (exact) mass is 367 g/mol. The number of rotatable bonds is 7. The van der Waals surface area contributed by atoms with Gasteiger partial charge in [-0.1, -0.05) is 43.6 Å². The lowest BCUT2D eigenvalue weighted by molar-refractivity contribution is -0.149. The van der Waals surface area contributed by atoms with Gasteiger partial charge in [-0.15, -0.1) is 0 Å². The van der Waals surface area contributed by atoms with Crippen molar-refractivity contribution < 1.29 is 19.4 Å². The Morgan fingerprint density at radius 3 is 2.36 bits per heavy atom. The highest BCUT2D eigenvalue weighted by atomic mass is 35.5. The van der Waals surface area contributed by atoms with Crippen molar-refractivity contribution in [2.45, 2.75) is 44.9 Å². The van der Waals surface area contributed by atoms with Gasteiger partial charge >= 0.3 is 5.97 Å². The molecule has 1 aliphatic rings. The van der Waals surface area contributed by atoms with Crippen molar-refractivity contribution in [2.75, 3.05) is 19.8 Å². The molecule has 2 N–H and O–H groups in total. The molecule has 0 unspecified atom stereocenters. The molecule has 1 aliphatic heterocycles. The Kier molecular flexibility index (Phi) is 6.47. The van der Waals surface area contributed by atoms with Gasteiger partial charge in [0.25, 0.3) is 0 Å². The second-order valence-electron chi connectivity index (χ2n) is 6.65. The summed E-state index contributed by atoms with van der Waals surface area (Å²) in [7, 11) is 0. The number of carboxylic acid groups (broad SMARTS) is 1. The lowest BCUT2D eigenvalue weighted by Crippen LogP contribution is -2.52. The van der Waals surface area contributed by atoms with Crippen LogP contribution in [-0.2, 0) is 19.7 Å². The molecule has 0 radical (unpaired) electrons. The minimum absolute atomic E-state index is 0.112. The highest BCUT2D eigenvalue weighted by Gasteiger charge is 2.44. The summed E-state index contributed by atoms with van der Waals surface area (Å²) in [6, 6.07) is 7.35. The van der Waals surface area contributed by atoms with Crippen LogP contribution in [0.4, 0.5) is 0 Å². The number of nitrogens with one attached hydrogen (secondary N) is 1. The zero-order chi connectivity index (χ0) is 18.5. The van der Waals surface area contributed by atoms with Crippen molar-refractivity contribution in [3.05, 3.63) is 34.9 Å². The quantitative estimate of drug-likeness (QED) is 0.774. The SMILES string of the molecule is CCC(CC)(CNC(=O)C1(c2ccccc2Cl)CCOCC1)C(=O)O. The summed E-state index contributed by atoms with van der Waals surface area (Å²) < 4.78 is 5.45. The fraction of sp³-hybridized carbons (Fsp3) is 0.579. The molecule has 0 bridgehead atoms. The lowest BCUT2D eigenvalue weighted by Gasteiger charge is -2.38. The maximum atomic E-state index is 13.2. The first-order valence-electron chi connectivity index (χ1n) is 8.76. The number of aliphatic carboxylic acids is 1. The smallest absolute Gasteiger partial charge is 0.311 e. The van der Waals surface area contributed by atoms with E-state index in [9.17, 15) is 14.7 Å². The predicted octanol–water partition coefficient (Wildman–Crippen LogP) is 3.40. The Bertz CT molecular complexity index is 622. The number of carbonyl (C=O) groups is 2. The molecule has 0 saturated carbocycles. The predicted molar refractivity (Wildman–Crippen MR) is 96.8 cm³/mol. The highest BCUT2D eigenvalue weighted by molar-refractivity contribution is 6.31. The molecular formula is C19H26ClNO4. The molecule has 1 aromatic carbocycles. The zero-order valence-electron chi connectivity index (χ0n) is 14.8. The van der Waals surface area contributed by atoms with E-state index in [0.717, 1.165) is 5.56 Å². The summed E-state index contributed by atoms with van der Waals surface area (Å²) in [5, 5.41) is 13.0. The fourth-order valence-electron chi connectivity index (χ4n) is 3.48. The Hall–Kier alpha value is -1.59. The number of amides is 1. The third-order valence-electron chi connectivity index (χ3n) is 5.56. The van der Waals surface area contributed by atoms with E-state index in [-0.39, 0.29) is 12.5 Å². The van der Waals surface area contributed by atoms with Crippen molar-refractivity contribution in [1.82, 2.24) is 5.32 Å². The number of hydrogen-bond acceptors (Lipinski definition) is 3. The largest absolute Gasteiger partial charge is 0.481 e. The van der Waals surface area contributed by atoms with E-state index in [1.54, 1.807) is 6.07 Å². The van der Waals surface area contributed by atoms with Crippen LogP contribution in [0, 0.1) is 5.41 Å². The Balaban J connectivity index is 2.29. The van der Waals surface area contributed by atoms with E-state index >= 15 is 0 Å². The summed E-state index contributed by atoms with van der Waals surface area (Å²) in [6.07, 6.45) is 1.98. The van der Waals surface area contributed by atoms with Gasteiger partial charge in [0.05, 0.1) is 10.8 Å². The fourth-order valence-corrected chi connectivity index (χ4v) is 3.80. The molecule has 25 heavy (non-hydrogen) atoms. The van der Waals surface area contributed by atoms with Gasteiger partial charge in [0.1, 0.15) is 0 Å². The zero-order valence-corrected chi connectivity index (χ0v) is 15.6. The van der Waals surface area contributed by atoms with Gasteiger partial charge in [-0.3, -0.25) is 9.59 Å². The first-order chi connectivity index (χ1) is 11.9. The molecule has 1 heterocycles. The van der Waals surface area contributed by atoms with Crippen LogP contribution < -0.4 is 5.32 Å². The Labute approximate surface area is 153 Å². The van der Waals surface area contributed by atoms with Crippen LogP contribution in [0.3, 0.4) is 0 Å². The topological polar surface area (TPSA) is 75.6 Å². The van der Waals surface area contributed by atoms with Gasteiger partial charge in [-0.25, -0.2) is 0 Å². The number of carbonyl (C=O) groups excluding carboxylic acids is 1. The average molecular weight is 368 g/mol. The average Bonchev–Trinajstić information content (AvgIpc) is 2.63. The van der Waals surface area contributed by atoms with Gasteiger partial charge in [-0.2, -0.15) is 0 Å². The van der Waals surface area contributed by atoms with Gasteiger partial charge in [0.2, 0.25) is 5.91 Å². The third kappa shape index (κ3) is 3.82. The first kappa shape index (κ1) is 19.7. The number of halogens is 1. The van der Waals surface area contributed by atoms with E-state index in [2.05, 4.69) is 5.32 Å². The molecule has 0 atom stereocenters. The molecule has 6 heteroatoms. The summed E-state index contributed by atoms with van der Waals surface area (Å²) in [6.45, 7) is 4.74. The highest BCUT2D eigenvalue weighted by Crippen LogP contribution is 2.39. The summed E-state index contributed by atoms with van der Waals surface area (Å²) in [5.74, 6) is -1.05. The molecule has 0 aromatic heterocycles. The van der Waals surface area contributed by atoms with Crippen molar-refractivity contribution >= 4 is 23.5 Å². The normalized spacial score (nSPS) is 17.1. The number of carboxylic acids is 1. The van der Waals surface area contributed by atoms with Gasteiger partial charge in [-0.05, 0) is 37.3 Å². The van der Waals surface area contributed by atoms with Crippen molar-refractivity contribution in [1.29, 1.82) is 0 Å². The number of benzene rings is 1. The van der Waals surface area contributed by atoms with Crippen LogP contribution in [0.1, 0.15) is 45.1 Å². The first-order valence-corrected chi connectivity index (χ1v) is 9.14. The molecule has 1 saturated heterocycles. The van der Waals surface area contributed by atoms with Crippen molar-refractivity contribution in [2.24, 2.45) is 5.41 Å². The lowest BCUT2D eigenvalue weighted by atomic mass is 9.73. The molecule has 0 spiro atoms. The Morgan fingerprint density at radius 1 is 1.24 bits per heavy atom. The summed E-state index contributed by atoms with van der Waals surface area (Å²) >= 11 is 6.37. The molecular weight excluding hydrogens is 342 g/mol. The van der Waals surface area contributed by atoms with Gasteiger partial charge in [0, 0.05) is 24.8 Å². The summed E-state index contributed by atoms with van der Waals surface area (Å²) in [4.78, 5) is 24.8. The summed E-state index contributed by atoms with van der Waals surface area (Å²) in [5.41, 5.74) is -0.934. The van der Waals surface area contributed by atoms with Crippen LogP contribution in [-0.4, -0.2) is 36.7 Å². The van der Waals surface area contributed by atoms with E-state index in [0.29, 0.717) is 43.9 Å². The molecule has 1 amide bonds. The maximum Gasteiger partial charge on any atom is 0.311 e. The number of ether oxygens (including phenoxy) is 1. The van der Waals surface area contributed by atoms with Crippen molar-refractivity contribution in [3.8, 4) is 0 Å². The second-order valence-corrected chi connectivity index (χ2v) is 7.06. The molecule has 5 nitrogen and oxygen atoms in total. The second kappa shape index (κ2) is 8.19. The molecule has 1 aromatic rings. The van der Waals surface area contributed by atoms with Gasteiger partial charge in [0.15, 0.2) is 0 Å². The van der Waals surface area contributed by atoms with E-state index < -0.39 is 16.8 Å². The third-order valence-corrected chi connectivity index (χ3v) is 5.89. The molecule has 2 rings (SSSR count). The van der Waals surface area contributed by atoms with Crippen LogP contribution in [0.15, 0.2) is 24.3 Å². The van der Waals surface area contributed by atoms with E-state index in [1.165, 1.54) is 0 Å². The van der Waals surface area contributed by atoms with E-state index in [4.69, 9.17) is 16.3 Å². The van der Waals surface area contributed by atoms with Crippen molar-refractivity contribution in [3.63, 3.8) is 0 Å².